The second-order valence-electron chi connectivity index (χ2n) is 1.66. The van der Waals surface area contributed by atoms with Gasteiger partial charge < -0.3 is 0 Å². The standard InChI is InChI=1S/C6H8N2OS2/c1-6(8-4-9)11-3-2-7-5-10/h6H,2-3H2,1H3. The van der Waals surface area contributed by atoms with E-state index in [-0.39, 0.29) is 5.37 Å². The van der Waals surface area contributed by atoms with Crippen LogP contribution in [0.2, 0.25) is 0 Å². The molecule has 5 heteroatoms. The van der Waals surface area contributed by atoms with Gasteiger partial charge in [-0.05, 0) is 19.1 Å². The molecule has 0 bridgehead atoms. The molecular formula is C6H8N2OS2. The first kappa shape index (κ1) is 10.5. The van der Waals surface area contributed by atoms with Crippen LogP contribution in [0.5, 0.6) is 0 Å². The average Bonchev–Trinajstić information content (AvgIpc) is 1.99. The Balaban J connectivity index is 3.37. The number of aliphatic imine (C=N–C) groups is 2. The molecule has 0 aromatic heterocycles. The highest BCUT2D eigenvalue weighted by molar-refractivity contribution is 7.99. The maximum atomic E-state index is 9.75. The third kappa shape index (κ3) is 7.43. The van der Waals surface area contributed by atoms with Crippen LogP contribution < -0.4 is 0 Å². The van der Waals surface area contributed by atoms with Crippen LogP contribution in [0.15, 0.2) is 9.98 Å². The first-order valence-corrected chi connectivity index (χ1v) is 4.49. The minimum Gasteiger partial charge on any atom is -0.232 e. The van der Waals surface area contributed by atoms with Crippen LogP contribution in [0.3, 0.4) is 0 Å². The average molecular weight is 188 g/mol. The summed E-state index contributed by atoms with van der Waals surface area (Å²) in [5.74, 6) is 0.802. The molecule has 0 aliphatic rings. The second kappa shape index (κ2) is 7.63. The van der Waals surface area contributed by atoms with Gasteiger partial charge in [0.1, 0.15) is 5.37 Å². The second-order valence-corrected chi connectivity index (χ2v) is 3.27. The zero-order chi connectivity index (χ0) is 8.53. The molecule has 1 unspecified atom stereocenters. The predicted octanol–water partition coefficient (Wildman–Crippen LogP) is 1.50. The predicted molar refractivity (Wildman–Crippen MR) is 49.9 cm³/mol. The summed E-state index contributed by atoms with van der Waals surface area (Å²) in [6, 6.07) is 0. The molecular weight excluding hydrogens is 180 g/mol. The molecule has 0 aliphatic heterocycles. The molecule has 3 nitrogen and oxygen atoms in total. The smallest absolute Gasteiger partial charge is 0.232 e. The summed E-state index contributed by atoms with van der Waals surface area (Å²) >= 11 is 5.90. The van der Waals surface area contributed by atoms with Gasteiger partial charge in [-0.1, -0.05) is 0 Å². The van der Waals surface area contributed by atoms with Crippen molar-refractivity contribution in [1.29, 1.82) is 0 Å². The zero-order valence-corrected chi connectivity index (χ0v) is 7.74. The van der Waals surface area contributed by atoms with E-state index >= 15 is 0 Å². The number of carbonyl (C=O) groups excluding carboxylic acids is 1. The van der Waals surface area contributed by atoms with E-state index in [9.17, 15) is 4.79 Å². The molecule has 0 amide bonds. The highest BCUT2D eigenvalue weighted by Gasteiger charge is 1.96. The minimum atomic E-state index is -0.0344. The third-order valence-electron chi connectivity index (χ3n) is 0.861. The van der Waals surface area contributed by atoms with Gasteiger partial charge in [-0.25, -0.2) is 9.79 Å². The van der Waals surface area contributed by atoms with Crippen molar-refractivity contribution >= 4 is 35.2 Å². The van der Waals surface area contributed by atoms with Gasteiger partial charge in [0, 0.05) is 5.75 Å². The van der Waals surface area contributed by atoms with Crippen molar-refractivity contribution < 1.29 is 4.79 Å². The van der Waals surface area contributed by atoms with E-state index in [4.69, 9.17) is 0 Å². The normalized spacial score (nSPS) is 11.0. The molecule has 0 radical (unpaired) electrons. The van der Waals surface area contributed by atoms with E-state index in [1.54, 1.807) is 0 Å². The zero-order valence-electron chi connectivity index (χ0n) is 6.11. The van der Waals surface area contributed by atoms with E-state index in [0.29, 0.717) is 6.54 Å². The summed E-state index contributed by atoms with van der Waals surface area (Å²) < 4.78 is 0. The lowest BCUT2D eigenvalue weighted by atomic mass is 10.8. The van der Waals surface area contributed by atoms with Crippen molar-refractivity contribution in [3.8, 4) is 0 Å². The summed E-state index contributed by atoms with van der Waals surface area (Å²) in [7, 11) is 0. The maximum absolute atomic E-state index is 9.75. The largest absolute Gasteiger partial charge is 0.236 e. The van der Waals surface area contributed by atoms with Crippen molar-refractivity contribution in [2.75, 3.05) is 12.3 Å². The highest BCUT2D eigenvalue weighted by atomic mass is 32.2. The molecule has 0 N–H and O–H groups in total. The summed E-state index contributed by atoms with van der Waals surface area (Å²) in [6.45, 7) is 2.46. The lowest BCUT2D eigenvalue weighted by Gasteiger charge is -1.99. The van der Waals surface area contributed by atoms with Gasteiger partial charge in [-0.3, -0.25) is 0 Å². The molecule has 0 fully saturated rings. The fourth-order valence-electron chi connectivity index (χ4n) is 0.426. The molecule has 0 rings (SSSR count). The van der Waals surface area contributed by atoms with Crippen LogP contribution in [0.4, 0.5) is 0 Å². The Morgan fingerprint density at radius 3 is 3.00 bits per heavy atom. The Morgan fingerprint density at radius 1 is 1.73 bits per heavy atom. The van der Waals surface area contributed by atoms with Gasteiger partial charge in [0.2, 0.25) is 6.08 Å². The van der Waals surface area contributed by atoms with E-state index < -0.39 is 0 Å². The summed E-state index contributed by atoms with van der Waals surface area (Å²) in [5, 5.41) is 2.23. The van der Waals surface area contributed by atoms with Crippen LogP contribution in [0, 0.1) is 0 Å². The molecule has 60 valence electrons. The van der Waals surface area contributed by atoms with Crippen LogP contribution in [-0.2, 0) is 4.79 Å². The summed E-state index contributed by atoms with van der Waals surface area (Å²) in [5.41, 5.74) is 0. The number of rotatable bonds is 5. The molecule has 0 saturated heterocycles. The van der Waals surface area contributed by atoms with Gasteiger partial charge in [0.25, 0.3) is 0 Å². The molecule has 0 spiro atoms. The van der Waals surface area contributed by atoms with Gasteiger partial charge in [0.15, 0.2) is 0 Å². The van der Waals surface area contributed by atoms with Crippen LogP contribution >= 0.6 is 24.0 Å². The Morgan fingerprint density at radius 2 is 2.45 bits per heavy atom. The number of hydrogen-bond donors (Lipinski definition) is 0. The Labute approximate surface area is 75.0 Å². The number of thioether (sulfide) groups is 1. The van der Waals surface area contributed by atoms with Crippen LogP contribution in [0.1, 0.15) is 6.92 Å². The summed E-state index contributed by atoms with van der Waals surface area (Å²) in [4.78, 5) is 16.9. The lowest BCUT2D eigenvalue weighted by Crippen LogP contribution is -1.94. The van der Waals surface area contributed by atoms with E-state index in [2.05, 4.69) is 27.4 Å². The molecule has 0 aromatic rings. The highest BCUT2D eigenvalue weighted by Crippen LogP contribution is 2.09. The monoisotopic (exact) mass is 188 g/mol. The molecule has 0 heterocycles. The van der Waals surface area contributed by atoms with Crippen LogP contribution in [0.25, 0.3) is 0 Å². The van der Waals surface area contributed by atoms with E-state index in [1.807, 2.05) is 6.92 Å². The van der Waals surface area contributed by atoms with Gasteiger partial charge in [-0.2, -0.15) is 4.99 Å². The van der Waals surface area contributed by atoms with Crippen LogP contribution in [-0.4, -0.2) is 28.9 Å². The quantitative estimate of drug-likeness (QED) is 0.284. The van der Waals surface area contributed by atoms with Crippen molar-refractivity contribution in [1.82, 2.24) is 0 Å². The minimum absolute atomic E-state index is 0.0344. The molecule has 0 aromatic carbocycles. The molecule has 11 heavy (non-hydrogen) atoms. The Bertz CT molecular complexity index is 195. The topological polar surface area (TPSA) is 41.8 Å². The lowest BCUT2D eigenvalue weighted by molar-refractivity contribution is 0.563. The van der Waals surface area contributed by atoms with Gasteiger partial charge in [0.05, 0.1) is 11.7 Å². The molecule has 0 saturated carbocycles. The number of nitrogens with zero attached hydrogens (tertiary/aromatic N) is 2. The SMILES string of the molecule is CC(N=C=O)SCCN=C=S. The number of thiocarbonyl (C=S) groups is 1. The first-order valence-electron chi connectivity index (χ1n) is 3.03. The van der Waals surface area contributed by atoms with Crippen molar-refractivity contribution in [3.05, 3.63) is 0 Å². The fraction of sp³-hybridized carbons (Fsp3) is 0.667. The first-order chi connectivity index (χ1) is 5.31. The van der Waals surface area contributed by atoms with Crippen molar-refractivity contribution in [2.45, 2.75) is 12.3 Å². The summed E-state index contributed by atoms with van der Waals surface area (Å²) in [6.07, 6.45) is 1.50. The molecule has 1 atom stereocenters. The molecule has 0 aliphatic carbocycles. The van der Waals surface area contributed by atoms with Gasteiger partial charge in [-0.15, -0.1) is 11.8 Å². The van der Waals surface area contributed by atoms with Gasteiger partial charge >= 0.3 is 0 Å². The number of hydrogen-bond acceptors (Lipinski definition) is 5. The van der Waals surface area contributed by atoms with Crippen molar-refractivity contribution in [3.63, 3.8) is 0 Å². The van der Waals surface area contributed by atoms with E-state index in [0.717, 1.165) is 5.75 Å². The Kier molecular flexibility index (Phi) is 7.31. The number of isocyanates is 1. The third-order valence-corrected chi connectivity index (χ3v) is 2.00. The van der Waals surface area contributed by atoms with Crippen molar-refractivity contribution in [2.24, 2.45) is 9.98 Å². The Hall–Kier alpha value is -0.470. The maximum Gasteiger partial charge on any atom is 0.236 e. The fourth-order valence-corrected chi connectivity index (χ4v) is 1.17. The van der Waals surface area contributed by atoms with E-state index in [1.165, 1.54) is 17.8 Å². The number of isothiocyanates is 1.